The van der Waals surface area contributed by atoms with Gasteiger partial charge in [0.15, 0.2) is 0 Å². The van der Waals surface area contributed by atoms with Gasteiger partial charge in [0, 0.05) is 32.0 Å². The van der Waals surface area contributed by atoms with E-state index >= 15 is 0 Å². The number of piperidine rings is 1. The molecule has 2 saturated carbocycles. The average molecular weight is 306 g/mol. The molecule has 2 aliphatic carbocycles. The maximum atomic E-state index is 12.3. The zero-order valence-electron chi connectivity index (χ0n) is 13.7. The fourth-order valence-corrected chi connectivity index (χ4v) is 3.92. The Morgan fingerprint density at radius 2 is 1.59 bits per heavy atom. The van der Waals surface area contributed by atoms with E-state index in [0.717, 1.165) is 51.6 Å². The van der Waals surface area contributed by atoms with Crippen molar-refractivity contribution in [1.29, 1.82) is 0 Å². The van der Waals surface area contributed by atoms with Crippen LogP contribution < -0.4 is 5.32 Å². The topological polar surface area (TPSA) is 49.4 Å². The lowest BCUT2D eigenvalue weighted by atomic mass is 9.91. The molecule has 1 heterocycles. The van der Waals surface area contributed by atoms with Crippen molar-refractivity contribution in [2.75, 3.05) is 13.1 Å². The van der Waals surface area contributed by atoms with Crippen molar-refractivity contribution >= 4 is 11.8 Å². The summed E-state index contributed by atoms with van der Waals surface area (Å²) in [5.41, 5.74) is 0. The lowest BCUT2D eigenvalue weighted by Gasteiger charge is -2.32. The van der Waals surface area contributed by atoms with E-state index in [1.165, 1.54) is 25.7 Å². The smallest absolute Gasteiger partial charge is 0.222 e. The van der Waals surface area contributed by atoms with Gasteiger partial charge < -0.3 is 10.2 Å². The van der Waals surface area contributed by atoms with Gasteiger partial charge in [-0.2, -0.15) is 0 Å². The molecule has 1 aliphatic heterocycles. The summed E-state index contributed by atoms with van der Waals surface area (Å²) in [6.07, 6.45) is 12.0. The summed E-state index contributed by atoms with van der Waals surface area (Å²) in [4.78, 5) is 26.1. The summed E-state index contributed by atoms with van der Waals surface area (Å²) < 4.78 is 0. The van der Waals surface area contributed by atoms with Gasteiger partial charge >= 0.3 is 0 Å². The van der Waals surface area contributed by atoms with Gasteiger partial charge in [-0.05, 0) is 56.8 Å². The predicted molar refractivity (Wildman–Crippen MR) is 86.3 cm³/mol. The molecule has 0 radical (unpaired) electrons. The van der Waals surface area contributed by atoms with Gasteiger partial charge in [0.25, 0.3) is 0 Å². The molecule has 1 N–H and O–H groups in total. The molecule has 4 heteroatoms. The van der Waals surface area contributed by atoms with Crippen LogP contribution in [0.4, 0.5) is 0 Å². The van der Waals surface area contributed by atoms with Crippen molar-refractivity contribution in [1.82, 2.24) is 10.2 Å². The zero-order chi connectivity index (χ0) is 15.4. The minimum Gasteiger partial charge on any atom is -0.353 e. The van der Waals surface area contributed by atoms with Crippen LogP contribution in [0, 0.1) is 11.8 Å². The fraction of sp³-hybridized carbons (Fsp3) is 0.889. The molecule has 22 heavy (non-hydrogen) atoms. The van der Waals surface area contributed by atoms with E-state index in [0.29, 0.717) is 30.2 Å². The number of carbonyl (C=O) groups is 2. The zero-order valence-corrected chi connectivity index (χ0v) is 13.7. The summed E-state index contributed by atoms with van der Waals surface area (Å²) in [7, 11) is 0. The van der Waals surface area contributed by atoms with Crippen LogP contribution in [0.2, 0.25) is 0 Å². The molecule has 0 aromatic carbocycles. The van der Waals surface area contributed by atoms with Crippen LogP contribution in [0.15, 0.2) is 0 Å². The molecule has 0 spiro atoms. The number of carbonyl (C=O) groups excluding carboxylic acids is 2. The molecule has 124 valence electrons. The first-order valence-corrected chi connectivity index (χ1v) is 9.28. The molecule has 4 nitrogen and oxygen atoms in total. The fourth-order valence-electron chi connectivity index (χ4n) is 3.92. The van der Waals surface area contributed by atoms with Crippen LogP contribution in [0.25, 0.3) is 0 Å². The van der Waals surface area contributed by atoms with Crippen molar-refractivity contribution < 1.29 is 9.59 Å². The number of hydrogen-bond acceptors (Lipinski definition) is 2. The van der Waals surface area contributed by atoms with Crippen molar-refractivity contribution in [2.24, 2.45) is 11.8 Å². The molecule has 2 amide bonds. The Morgan fingerprint density at radius 1 is 0.909 bits per heavy atom. The third-order valence-electron chi connectivity index (χ3n) is 5.63. The van der Waals surface area contributed by atoms with Crippen LogP contribution in [0.3, 0.4) is 0 Å². The van der Waals surface area contributed by atoms with Gasteiger partial charge in [-0.3, -0.25) is 9.59 Å². The molecule has 3 fully saturated rings. The van der Waals surface area contributed by atoms with Crippen LogP contribution in [0.5, 0.6) is 0 Å². The number of amides is 2. The summed E-state index contributed by atoms with van der Waals surface area (Å²) in [6.45, 7) is 1.81. The maximum absolute atomic E-state index is 12.3. The Hall–Kier alpha value is -1.06. The maximum Gasteiger partial charge on any atom is 0.222 e. The first-order valence-electron chi connectivity index (χ1n) is 9.28. The molecular weight excluding hydrogens is 276 g/mol. The predicted octanol–water partition coefficient (Wildman–Crippen LogP) is 2.86. The van der Waals surface area contributed by atoms with Gasteiger partial charge in [-0.1, -0.05) is 12.8 Å². The first kappa shape index (κ1) is 15.8. The molecule has 3 rings (SSSR count). The normalized spacial score (nSPS) is 23.7. The standard InChI is InChI=1S/C18H30N2O2/c21-17(19-16-6-7-16)8-5-14-9-11-20(12-10-14)18(22)13-15-3-1-2-4-15/h14-16H,1-13H2,(H,19,21). The molecule has 0 aromatic rings. The number of rotatable bonds is 6. The largest absolute Gasteiger partial charge is 0.353 e. The molecule has 0 atom stereocenters. The second-order valence-corrected chi connectivity index (χ2v) is 7.56. The van der Waals surface area contributed by atoms with Gasteiger partial charge in [-0.25, -0.2) is 0 Å². The monoisotopic (exact) mass is 306 g/mol. The van der Waals surface area contributed by atoms with Crippen LogP contribution in [-0.2, 0) is 9.59 Å². The summed E-state index contributed by atoms with van der Waals surface area (Å²) in [6, 6.07) is 0.475. The molecule has 3 aliphatic rings. The lowest BCUT2D eigenvalue weighted by molar-refractivity contribution is -0.133. The van der Waals surface area contributed by atoms with E-state index in [-0.39, 0.29) is 5.91 Å². The Labute approximate surface area is 134 Å². The van der Waals surface area contributed by atoms with Crippen LogP contribution in [0.1, 0.15) is 70.6 Å². The summed E-state index contributed by atoms with van der Waals surface area (Å²) in [5.74, 6) is 1.87. The third kappa shape index (κ3) is 4.72. The third-order valence-corrected chi connectivity index (χ3v) is 5.63. The minimum absolute atomic E-state index is 0.224. The van der Waals surface area contributed by atoms with Gasteiger partial charge in [-0.15, -0.1) is 0 Å². The van der Waals surface area contributed by atoms with E-state index in [2.05, 4.69) is 10.2 Å². The average Bonchev–Trinajstić information content (AvgIpc) is 3.18. The van der Waals surface area contributed by atoms with E-state index < -0.39 is 0 Å². The van der Waals surface area contributed by atoms with E-state index in [1.54, 1.807) is 0 Å². The highest BCUT2D eigenvalue weighted by molar-refractivity contribution is 5.77. The number of likely N-dealkylation sites (tertiary alicyclic amines) is 1. The van der Waals surface area contributed by atoms with Gasteiger partial charge in [0.05, 0.1) is 0 Å². The van der Waals surface area contributed by atoms with Crippen molar-refractivity contribution in [2.45, 2.75) is 76.7 Å². The van der Waals surface area contributed by atoms with E-state index in [1.807, 2.05) is 0 Å². The Balaban J connectivity index is 1.31. The van der Waals surface area contributed by atoms with Crippen molar-refractivity contribution in [3.63, 3.8) is 0 Å². The van der Waals surface area contributed by atoms with Crippen molar-refractivity contribution in [3.8, 4) is 0 Å². The summed E-state index contributed by atoms with van der Waals surface area (Å²) >= 11 is 0. The van der Waals surface area contributed by atoms with Crippen LogP contribution >= 0.6 is 0 Å². The minimum atomic E-state index is 0.224. The molecular formula is C18H30N2O2. The van der Waals surface area contributed by atoms with Gasteiger partial charge in [0.1, 0.15) is 0 Å². The molecule has 0 bridgehead atoms. The Bertz CT molecular complexity index is 392. The SMILES string of the molecule is O=C(CCC1CCN(C(=O)CC2CCCC2)CC1)NC1CC1. The van der Waals surface area contributed by atoms with E-state index in [9.17, 15) is 9.59 Å². The number of nitrogens with one attached hydrogen (secondary N) is 1. The van der Waals surface area contributed by atoms with E-state index in [4.69, 9.17) is 0 Å². The second-order valence-electron chi connectivity index (χ2n) is 7.56. The van der Waals surface area contributed by atoms with Crippen molar-refractivity contribution in [3.05, 3.63) is 0 Å². The highest BCUT2D eigenvalue weighted by Gasteiger charge is 2.27. The lowest BCUT2D eigenvalue weighted by Crippen LogP contribution is -2.39. The Kier molecular flexibility index (Phi) is 5.37. The number of hydrogen-bond donors (Lipinski definition) is 1. The first-order chi connectivity index (χ1) is 10.7. The molecule has 1 saturated heterocycles. The number of nitrogens with zero attached hydrogens (tertiary/aromatic N) is 1. The molecule has 0 unspecified atom stereocenters. The second kappa shape index (κ2) is 7.47. The van der Waals surface area contributed by atoms with Crippen LogP contribution in [-0.4, -0.2) is 35.8 Å². The highest BCUT2D eigenvalue weighted by Crippen LogP contribution is 2.29. The molecule has 0 aromatic heterocycles. The summed E-state index contributed by atoms with van der Waals surface area (Å²) in [5, 5.41) is 3.06. The van der Waals surface area contributed by atoms with Gasteiger partial charge in [0.2, 0.25) is 11.8 Å². The quantitative estimate of drug-likeness (QED) is 0.820. The Morgan fingerprint density at radius 3 is 2.23 bits per heavy atom. The highest BCUT2D eigenvalue weighted by atomic mass is 16.2.